The van der Waals surface area contributed by atoms with E-state index >= 15 is 0 Å². The van der Waals surface area contributed by atoms with E-state index in [0.717, 1.165) is 51.6 Å². The number of fused-ring (bicyclic) bond motifs is 2. The summed E-state index contributed by atoms with van der Waals surface area (Å²) in [6, 6.07) is 25.0. The first-order chi connectivity index (χ1) is 34.5. The number of ether oxygens (including phenoxy) is 2. The number of benzene rings is 4. The number of nitro benzene ring substituents is 2. The topological polar surface area (TPSA) is 247 Å². The van der Waals surface area contributed by atoms with E-state index in [1.165, 1.54) is 17.7 Å². The maximum Gasteiger partial charge on any atom is 0.423 e. The number of nitrogens with two attached hydrogens (primary N) is 1. The van der Waals surface area contributed by atoms with Gasteiger partial charge in [-0.1, -0.05) is 23.3 Å². The Kier molecular flexibility index (Phi) is 18.1. The van der Waals surface area contributed by atoms with Crippen LogP contribution in [0.1, 0.15) is 73.6 Å². The average Bonchev–Trinajstić information content (AvgIpc) is 3.33. The van der Waals surface area contributed by atoms with Crippen LogP contribution in [-0.2, 0) is 31.4 Å². The lowest BCUT2D eigenvalue weighted by molar-refractivity contribution is -0.388. The van der Waals surface area contributed by atoms with Gasteiger partial charge in [-0.25, -0.2) is 14.8 Å². The zero-order valence-corrected chi connectivity index (χ0v) is 39.5. The molecule has 4 aromatic carbocycles. The van der Waals surface area contributed by atoms with Crippen molar-refractivity contribution in [2.45, 2.75) is 102 Å². The zero-order valence-electron chi connectivity index (χ0n) is 39.5. The number of rotatable bonds is 13. The number of carbonyl (C=O) groups excluding carboxylic acids is 1. The van der Waals surface area contributed by atoms with Gasteiger partial charge in [0.1, 0.15) is 36.0 Å². The summed E-state index contributed by atoms with van der Waals surface area (Å²) in [5.74, 6) is -0.355. The number of amides is 1. The fraction of sp³-hybridized carbons (Fsp3) is 0.360. The molecule has 0 aliphatic heterocycles. The van der Waals surface area contributed by atoms with Crippen LogP contribution in [-0.4, -0.2) is 74.3 Å². The SMILES string of the molecule is Cc1ccc2nc(N)ccc2c1.Cc1ccc2nc(NC(=O)COC3CCC(Nc4ccc([N+](=O)[O-])c(C(F)(F)F)c4)CC3)ccc2c1.O=C(O)COC1CCC(Nc2ccc([N+](=O)[O-])c(C(F)(F)F)c2)CC1. The van der Waals surface area contributed by atoms with E-state index in [0.29, 0.717) is 63.0 Å². The normalized spacial score (nSPS) is 17.8. The number of aryl methyl sites for hydroxylation is 2. The number of aromatic nitrogens is 2. The third kappa shape index (κ3) is 16.2. The summed E-state index contributed by atoms with van der Waals surface area (Å²) >= 11 is 0. The average molecular weight is 1020 g/mol. The minimum Gasteiger partial charge on any atom is -0.480 e. The Morgan fingerprint density at radius 1 is 0.630 bits per heavy atom. The predicted molar refractivity (Wildman–Crippen MR) is 261 cm³/mol. The third-order valence-corrected chi connectivity index (χ3v) is 12.0. The molecule has 2 aliphatic carbocycles. The molecule has 2 fully saturated rings. The molecule has 73 heavy (non-hydrogen) atoms. The maximum absolute atomic E-state index is 13.2. The summed E-state index contributed by atoms with van der Waals surface area (Å²) in [5, 5.41) is 41.1. The van der Waals surface area contributed by atoms with Crippen LogP contribution in [0.2, 0.25) is 0 Å². The van der Waals surface area contributed by atoms with Gasteiger partial charge in [0.25, 0.3) is 17.3 Å². The van der Waals surface area contributed by atoms with Crippen molar-refractivity contribution in [1.29, 1.82) is 0 Å². The largest absolute Gasteiger partial charge is 0.480 e. The smallest absolute Gasteiger partial charge is 0.423 e. The molecule has 0 spiro atoms. The van der Waals surface area contributed by atoms with Crippen molar-refractivity contribution < 1.29 is 60.4 Å². The van der Waals surface area contributed by atoms with E-state index in [-0.39, 0.29) is 54.8 Å². The number of nitro groups is 2. The van der Waals surface area contributed by atoms with Crippen molar-refractivity contribution in [1.82, 2.24) is 9.97 Å². The highest BCUT2D eigenvalue weighted by molar-refractivity contribution is 5.92. The Bertz CT molecular complexity index is 2880. The first-order valence-electron chi connectivity index (χ1n) is 23.0. The number of nitrogen functional groups attached to an aromatic ring is 1. The monoisotopic (exact) mass is 1020 g/mol. The number of pyridine rings is 2. The van der Waals surface area contributed by atoms with Gasteiger partial charge in [-0.15, -0.1) is 0 Å². The van der Waals surface area contributed by atoms with Gasteiger partial charge in [0, 0.05) is 46.4 Å². The minimum atomic E-state index is -4.83. The minimum absolute atomic E-state index is 0.104. The molecule has 0 unspecified atom stereocenters. The fourth-order valence-corrected chi connectivity index (χ4v) is 8.38. The number of halogens is 6. The Labute approximate surface area is 413 Å². The van der Waals surface area contributed by atoms with Crippen LogP contribution >= 0.6 is 0 Å². The highest BCUT2D eigenvalue weighted by Crippen LogP contribution is 2.40. The number of nitrogens with one attached hydrogen (secondary N) is 3. The molecule has 2 heterocycles. The number of hydrogen-bond donors (Lipinski definition) is 5. The highest BCUT2D eigenvalue weighted by atomic mass is 19.4. The molecular weight excluding hydrogens is 971 g/mol. The van der Waals surface area contributed by atoms with Crippen molar-refractivity contribution in [3.8, 4) is 0 Å². The number of carbonyl (C=O) groups is 2. The number of nitrogens with zero attached hydrogens (tertiary/aromatic N) is 4. The number of hydrogen-bond acceptors (Lipinski definition) is 13. The van der Waals surface area contributed by atoms with Crippen molar-refractivity contribution >= 4 is 68.1 Å². The molecule has 0 bridgehead atoms. The molecule has 8 rings (SSSR count). The molecule has 0 atom stereocenters. The van der Waals surface area contributed by atoms with E-state index in [1.54, 1.807) is 6.07 Å². The number of anilines is 4. The van der Waals surface area contributed by atoms with Gasteiger partial charge in [-0.3, -0.25) is 25.0 Å². The molecule has 23 heteroatoms. The van der Waals surface area contributed by atoms with Gasteiger partial charge in [-0.05, 0) is 138 Å². The Hall–Kier alpha value is -7.66. The summed E-state index contributed by atoms with van der Waals surface area (Å²) in [5.41, 5.74) is 5.46. The standard InChI is InChI=1S/C25H25F3N4O4.C15H17F3N2O5.C10H10N2/c1-15-2-9-21-16(12-15)3-11-23(30-21)31-24(33)14-36-19-7-4-17(5-8-19)29-18-6-10-22(32(34)35)20(13-18)25(26,27)28;16-15(17,18)12-7-10(3-6-13(12)20(23)24)19-9-1-4-11(5-2-9)25-8-14(21)22;1-7-2-4-9-8(6-7)3-5-10(11)12-9/h2-3,6,9-13,17,19,29H,4-5,7-8,14H2,1H3,(H,30,31,33);3,6-7,9,11,19H,1-2,4-5,8H2,(H,21,22);2-6H,1H3,(H2,11,12). The summed E-state index contributed by atoms with van der Waals surface area (Å²) in [7, 11) is 0. The summed E-state index contributed by atoms with van der Waals surface area (Å²) in [6.07, 6.45) is -5.11. The van der Waals surface area contributed by atoms with Gasteiger partial charge >= 0.3 is 18.3 Å². The second-order valence-corrected chi connectivity index (χ2v) is 17.6. The summed E-state index contributed by atoms with van der Waals surface area (Å²) in [6.45, 7) is 3.55. The van der Waals surface area contributed by atoms with Crippen LogP contribution in [0.15, 0.2) is 97.1 Å². The molecule has 388 valence electrons. The molecule has 0 saturated heterocycles. The Morgan fingerprint density at radius 2 is 1.07 bits per heavy atom. The second-order valence-electron chi connectivity index (χ2n) is 17.6. The zero-order chi connectivity index (χ0) is 53.0. The molecule has 2 aromatic heterocycles. The summed E-state index contributed by atoms with van der Waals surface area (Å²) < 4.78 is 89.5. The Balaban J connectivity index is 0.000000202. The first-order valence-corrected chi connectivity index (χ1v) is 23.0. The van der Waals surface area contributed by atoms with Gasteiger partial charge in [0.2, 0.25) is 0 Å². The lowest BCUT2D eigenvalue weighted by Crippen LogP contribution is -2.31. The molecule has 17 nitrogen and oxygen atoms in total. The summed E-state index contributed by atoms with van der Waals surface area (Å²) in [4.78, 5) is 51.0. The van der Waals surface area contributed by atoms with Gasteiger partial charge in [0.05, 0.1) is 33.1 Å². The van der Waals surface area contributed by atoms with Crippen LogP contribution in [0.4, 0.5) is 60.7 Å². The lowest BCUT2D eigenvalue weighted by atomic mass is 9.92. The lowest BCUT2D eigenvalue weighted by Gasteiger charge is -2.29. The fourth-order valence-electron chi connectivity index (χ4n) is 8.38. The van der Waals surface area contributed by atoms with Crippen molar-refractivity contribution in [3.05, 3.63) is 140 Å². The van der Waals surface area contributed by atoms with Crippen molar-refractivity contribution in [2.75, 3.05) is 34.9 Å². The molecule has 2 saturated carbocycles. The Morgan fingerprint density at radius 3 is 1.51 bits per heavy atom. The molecule has 6 aromatic rings. The third-order valence-electron chi connectivity index (χ3n) is 12.0. The van der Waals surface area contributed by atoms with E-state index in [2.05, 4.69) is 38.9 Å². The van der Waals surface area contributed by atoms with Crippen LogP contribution in [0, 0.1) is 34.1 Å². The molecule has 1 amide bonds. The van der Waals surface area contributed by atoms with Crippen molar-refractivity contribution in [3.63, 3.8) is 0 Å². The van der Waals surface area contributed by atoms with Gasteiger partial charge in [0.15, 0.2) is 0 Å². The molecule has 2 aliphatic rings. The number of carboxylic acids is 1. The van der Waals surface area contributed by atoms with E-state index in [4.69, 9.17) is 20.3 Å². The van der Waals surface area contributed by atoms with Gasteiger partial charge < -0.3 is 36.3 Å². The van der Waals surface area contributed by atoms with E-state index < -0.39 is 50.7 Å². The first kappa shape index (κ1) is 54.7. The molecule has 6 N–H and O–H groups in total. The van der Waals surface area contributed by atoms with Crippen LogP contribution in [0.25, 0.3) is 21.8 Å². The van der Waals surface area contributed by atoms with E-state index in [9.17, 15) is 56.2 Å². The van der Waals surface area contributed by atoms with Crippen LogP contribution < -0.4 is 21.7 Å². The second kappa shape index (κ2) is 24.2. The molecule has 0 radical (unpaired) electrons. The number of carboxylic acid groups (broad SMARTS) is 1. The predicted octanol–water partition coefficient (Wildman–Crippen LogP) is 11.4. The number of alkyl halides is 6. The maximum atomic E-state index is 13.2. The van der Waals surface area contributed by atoms with Gasteiger partial charge in [-0.2, -0.15) is 26.3 Å². The van der Waals surface area contributed by atoms with Crippen molar-refractivity contribution in [2.24, 2.45) is 0 Å². The van der Waals surface area contributed by atoms with Crippen LogP contribution in [0.5, 0.6) is 0 Å². The number of aliphatic carboxylic acids is 1. The van der Waals surface area contributed by atoms with Crippen LogP contribution in [0.3, 0.4) is 0 Å². The quantitative estimate of drug-likeness (QED) is 0.0410. The highest BCUT2D eigenvalue weighted by Gasteiger charge is 2.40. The van der Waals surface area contributed by atoms with E-state index in [1.807, 2.05) is 55.5 Å². The molecular formula is C50H52F6N8O9.